The summed E-state index contributed by atoms with van der Waals surface area (Å²) < 4.78 is 5.37. The predicted molar refractivity (Wildman–Crippen MR) is 93.0 cm³/mol. The van der Waals surface area contributed by atoms with Crippen molar-refractivity contribution in [3.05, 3.63) is 59.5 Å². The molecule has 1 saturated carbocycles. The molecule has 0 radical (unpaired) electrons. The van der Waals surface area contributed by atoms with Gasteiger partial charge >= 0.3 is 0 Å². The Bertz CT molecular complexity index is 763. The van der Waals surface area contributed by atoms with Gasteiger partial charge in [-0.05, 0) is 49.1 Å². The monoisotopic (exact) mass is 338 g/mol. The molecule has 0 unspecified atom stereocenters. The van der Waals surface area contributed by atoms with Gasteiger partial charge in [0.05, 0.1) is 6.26 Å². The second-order valence-electron chi connectivity index (χ2n) is 6.88. The van der Waals surface area contributed by atoms with Gasteiger partial charge in [0.25, 0.3) is 5.91 Å². The molecule has 0 bridgehead atoms. The van der Waals surface area contributed by atoms with Crippen LogP contribution < -0.4 is 5.32 Å². The molecular formula is C20H22N2O3. The number of nitrogens with one attached hydrogen (secondary N) is 1. The van der Waals surface area contributed by atoms with Gasteiger partial charge in [0.15, 0.2) is 0 Å². The van der Waals surface area contributed by atoms with E-state index < -0.39 is 0 Å². The molecule has 1 saturated heterocycles. The van der Waals surface area contributed by atoms with E-state index in [1.165, 1.54) is 0 Å². The molecule has 2 aromatic rings. The standard InChI is InChI=1S/C20H22N2O3/c23-19(17-12-16(17)18-7-4-10-25-18)21-13-14-5-3-6-15(11-14)20(24)22-8-1-2-9-22/h3-7,10-11,16-17H,1-2,8-9,12-13H2,(H,21,23)/t16-,17-/m0/s1. The molecule has 1 N–H and O–H groups in total. The number of nitrogens with zero attached hydrogens (tertiary/aromatic N) is 1. The summed E-state index contributed by atoms with van der Waals surface area (Å²) in [5.74, 6) is 1.24. The van der Waals surface area contributed by atoms with Crippen molar-refractivity contribution in [1.82, 2.24) is 10.2 Å². The topological polar surface area (TPSA) is 62.6 Å². The Morgan fingerprint density at radius 2 is 2.00 bits per heavy atom. The number of likely N-dealkylation sites (tertiary alicyclic amines) is 1. The Balaban J connectivity index is 1.33. The third-order valence-corrected chi connectivity index (χ3v) is 5.07. The maximum absolute atomic E-state index is 12.5. The zero-order valence-electron chi connectivity index (χ0n) is 14.1. The molecule has 2 heterocycles. The van der Waals surface area contributed by atoms with Gasteiger partial charge in [-0.2, -0.15) is 0 Å². The van der Waals surface area contributed by atoms with Crippen LogP contribution in [-0.2, 0) is 11.3 Å². The molecule has 1 aliphatic heterocycles. The lowest BCUT2D eigenvalue weighted by Crippen LogP contribution is -2.28. The van der Waals surface area contributed by atoms with Crippen molar-refractivity contribution < 1.29 is 14.0 Å². The molecule has 2 aliphatic rings. The molecule has 4 rings (SSSR count). The van der Waals surface area contributed by atoms with Gasteiger partial charge in [0.2, 0.25) is 5.91 Å². The van der Waals surface area contributed by atoms with E-state index in [1.54, 1.807) is 6.26 Å². The normalized spacial score (nSPS) is 22.0. The highest BCUT2D eigenvalue weighted by atomic mass is 16.3. The number of benzene rings is 1. The number of amides is 2. The molecule has 2 amide bonds. The Hall–Kier alpha value is -2.56. The number of hydrogen-bond acceptors (Lipinski definition) is 3. The molecular weight excluding hydrogens is 316 g/mol. The molecule has 25 heavy (non-hydrogen) atoms. The molecule has 1 aliphatic carbocycles. The fourth-order valence-corrected chi connectivity index (χ4v) is 3.54. The second-order valence-corrected chi connectivity index (χ2v) is 6.88. The van der Waals surface area contributed by atoms with E-state index in [9.17, 15) is 9.59 Å². The molecule has 2 fully saturated rings. The summed E-state index contributed by atoms with van der Waals surface area (Å²) in [4.78, 5) is 26.6. The zero-order valence-corrected chi connectivity index (χ0v) is 14.1. The summed E-state index contributed by atoms with van der Waals surface area (Å²) in [6.07, 6.45) is 4.65. The number of carbonyl (C=O) groups is 2. The summed E-state index contributed by atoms with van der Waals surface area (Å²) in [7, 11) is 0. The van der Waals surface area contributed by atoms with Crippen molar-refractivity contribution in [2.75, 3.05) is 13.1 Å². The van der Waals surface area contributed by atoms with E-state index in [2.05, 4.69) is 5.32 Å². The fraction of sp³-hybridized carbons (Fsp3) is 0.400. The lowest BCUT2D eigenvalue weighted by molar-refractivity contribution is -0.122. The van der Waals surface area contributed by atoms with Gasteiger partial charge in [-0.3, -0.25) is 9.59 Å². The van der Waals surface area contributed by atoms with E-state index in [0.717, 1.165) is 43.7 Å². The van der Waals surface area contributed by atoms with Crippen molar-refractivity contribution in [3.63, 3.8) is 0 Å². The van der Waals surface area contributed by atoms with Crippen LogP contribution in [0.3, 0.4) is 0 Å². The highest BCUT2D eigenvalue weighted by Crippen LogP contribution is 2.47. The minimum atomic E-state index is 0.000523. The average Bonchev–Trinajstić information content (AvgIpc) is 3.07. The van der Waals surface area contributed by atoms with E-state index >= 15 is 0 Å². The Kier molecular flexibility index (Phi) is 4.30. The van der Waals surface area contributed by atoms with Crippen LogP contribution in [0.2, 0.25) is 0 Å². The Morgan fingerprint density at radius 1 is 1.16 bits per heavy atom. The van der Waals surface area contributed by atoms with E-state index in [4.69, 9.17) is 4.42 Å². The van der Waals surface area contributed by atoms with Crippen molar-refractivity contribution in [2.45, 2.75) is 31.7 Å². The van der Waals surface area contributed by atoms with Crippen LogP contribution in [-0.4, -0.2) is 29.8 Å². The average molecular weight is 338 g/mol. The van der Waals surface area contributed by atoms with Gasteiger partial charge < -0.3 is 14.6 Å². The van der Waals surface area contributed by atoms with Crippen molar-refractivity contribution in [2.24, 2.45) is 5.92 Å². The third-order valence-electron chi connectivity index (χ3n) is 5.07. The summed E-state index contributed by atoms with van der Waals surface area (Å²) in [5, 5.41) is 2.98. The molecule has 2 atom stereocenters. The van der Waals surface area contributed by atoms with Crippen molar-refractivity contribution >= 4 is 11.8 Å². The van der Waals surface area contributed by atoms with Crippen molar-refractivity contribution in [1.29, 1.82) is 0 Å². The Labute approximate surface area is 147 Å². The van der Waals surface area contributed by atoms with Crippen LogP contribution >= 0.6 is 0 Å². The molecule has 1 aromatic heterocycles. The zero-order chi connectivity index (χ0) is 17.2. The van der Waals surface area contributed by atoms with Crippen molar-refractivity contribution in [3.8, 4) is 0 Å². The molecule has 5 heteroatoms. The maximum atomic E-state index is 12.5. The maximum Gasteiger partial charge on any atom is 0.253 e. The van der Waals surface area contributed by atoms with E-state index in [1.807, 2.05) is 41.3 Å². The Morgan fingerprint density at radius 3 is 2.76 bits per heavy atom. The first-order chi connectivity index (χ1) is 12.2. The largest absolute Gasteiger partial charge is 0.469 e. The lowest BCUT2D eigenvalue weighted by atomic mass is 10.1. The first-order valence-electron chi connectivity index (χ1n) is 8.92. The number of carbonyl (C=O) groups excluding carboxylic acids is 2. The molecule has 130 valence electrons. The number of furan rings is 1. The molecule has 5 nitrogen and oxygen atoms in total. The van der Waals surface area contributed by atoms with Gasteiger partial charge in [0, 0.05) is 37.0 Å². The number of hydrogen-bond donors (Lipinski definition) is 1. The highest BCUT2D eigenvalue weighted by molar-refractivity contribution is 5.94. The third kappa shape index (κ3) is 3.45. The van der Waals surface area contributed by atoms with Crippen LogP contribution in [0.1, 0.15) is 46.9 Å². The first kappa shape index (κ1) is 15.9. The minimum absolute atomic E-state index is 0.000523. The van der Waals surface area contributed by atoms with Crippen LogP contribution in [0.4, 0.5) is 0 Å². The van der Waals surface area contributed by atoms with E-state index in [0.29, 0.717) is 12.1 Å². The van der Waals surface area contributed by atoms with Gasteiger partial charge in [0.1, 0.15) is 5.76 Å². The van der Waals surface area contributed by atoms with E-state index in [-0.39, 0.29) is 23.7 Å². The van der Waals surface area contributed by atoms with Gasteiger partial charge in [-0.1, -0.05) is 12.1 Å². The highest BCUT2D eigenvalue weighted by Gasteiger charge is 2.45. The first-order valence-corrected chi connectivity index (χ1v) is 8.92. The quantitative estimate of drug-likeness (QED) is 0.912. The summed E-state index contributed by atoms with van der Waals surface area (Å²) in [6.45, 7) is 2.13. The van der Waals surface area contributed by atoms with Crippen LogP contribution in [0.5, 0.6) is 0 Å². The minimum Gasteiger partial charge on any atom is -0.469 e. The predicted octanol–water partition coefficient (Wildman–Crippen LogP) is 2.94. The van der Waals surface area contributed by atoms with Crippen LogP contribution in [0.15, 0.2) is 47.1 Å². The van der Waals surface area contributed by atoms with Crippen LogP contribution in [0, 0.1) is 5.92 Å². The van der Waals surface area contributed by atoms with Gasteiger partial charge in [-0.25, -0.2) is 0 Å². The SMILES string of the molecule is O=C(NCc1cccc(C(=O)N2CCCC2)c1)[C@H]1C[C@@H]1c1ccco1. The number of rotatable bonds is 5. The summed E-state index contributed by atoms with van der Waals surface area (Å²) in [5.41, 5.74) is 1.65. The van der Waals surface area contributed by atoms with Gasteiger partial charge in [-0.15, -0.1) is 0 Å². The summed E-state index contributed by atoms with van der Waals surface area (Å²) >= 11 is 0. The van der Waals surface area contributed by atoms with Crippen LogP contribution in [0.25, 0.3) is 0 Å². The molecule has 0 spiro atoms. The lowest BCUT2D eigenvalue weighted by Gasteiger charge is -2.15. The summed E-state index contributed by atoms with van der Waals surface area (Å²) in [6, 6.07) is 11.3. The fourth-order valence-electron chi connectivity index (χ4n) is 3.54. The smallest absolute Gasteiger partial charge is 0.253 e. The molecule has 1 aromatic carbocycles. The second kappa shape index (κ2) is 6.75.